The zero-order valence-electron chi connectivity index (χ0n) is 9.49. The lowest BCUT2D eigenvalue weighted by Gasteiger charge is -2.09. The van der Waals surface area contributed by atoms with E-state index in [1.54, 1.807) is 0 Å². The summed E-state index contributed by atoms with van der Waals surface area (Å²) in [7, 11) is -3.49. The largest absolute Gasteiger partial charge is 0.488 e. The fourth-order valence-electron chi connectivity index (χ4n) is 1.27. The Morgan fingerprint density at radius 2 is 2.22 bits per heavy atom. The molecule has 18 heavy (non-hydrogen) atoms. The summed E-state index contributed by atoms with van der Waals surface area (Å²) in [6.45, 7) is 0. The number of aromatic nitrogens is 1. The maximum absolute atomic E-state index is 11.1. The highest BCUT2D eigenvalue weighted by molar-refractivity contribution is 7.92. The summed E-state index contributed by atoms with van der Waals surface area (Å²) >= 11 is 0. The Labute approximate surface area is 103 Å². The van der Waals surface area contributed by atoms with Crippen LogP contribution in [0.3, 0.4) is 0 Å². The van der Waals surface area contributed by atoms with E-state index in [0.717, 1.165) is 31.4 Å². The second kappa shape index (κ2) is 4.41. The van der Waals surface area contributed by atoms with Crippen molar-refractivity contribution in [3.63, 3.8) is 0 Å². The van der Waals surface area contributed by atoms with Crippen LogP contribution in [0.15, 0.2) is 12.3 Å². The molecule has 1 saturated carbocycles. The molecule has 1 aliphatic carbocycles. The lowest BCUT2D eigenvalue weighted by atomic mass is 10.4. The number of sulfonamides is 1. The second-order valence-corrected chi connectivity index (χ2v) is 5.74. The minimum Gasteiger partial charge on any atom is -0.488 e. The Balaban J connectivity index is 2.34. The van der Waals surface area contributed by atoms with Gasteiger partial charge in [0.05, 0.1) is 18.4 Å². The number of pyridine rings is 1. The Morgan fingerprint density at radius 1 is 1.56 bits per heavy atom. The van der Waals surface area contributed by atoms with Gasteiger partial charge in [0.1, 0.15) is 5.69 Å². The summed E-state index contributed by atoms with van der Waals surface area (Å²) in [6, 6.07) is 1.12. The smallest absolute Gasteiger partial charge is 0.367 e. The predicted octanol–water partition coefficient (Wildman–Crippen LogP) is 0.902. The number of nitrogens with zero attached hydrogens (tertiary/aromatic N) is 2. The van der Waals surface area contributed by atoms with E-state index in [0.29, 0.717) is 0 Å². The fraction of sp³-hybridized carbons (Fsp3) is 0.444. The molecule has 0 bridgehead atoms. The van der Waals surface area contributed by atoms with Crippen LogP contribution in [0.25, 0.3) is 0 Å². The van der Waals surface area contributed by atoms with Crippen molar-refractivity contribution in [3.8, 4) is 5.75 Å². The molecule has 98 valence electrons. The number of nitrogens with one attached hydrogen (secondary N) is 1. The van der Waals surface area contributed by atoms with Crippen LogP contribution in [0.2, 0.25) is 0 Å². The molecule has 0 unspecified atom stereocenters. The Morgan fingerprint density at radius 3 is 2.72 bits per heavy atom. The second-order valence-electron chi connectivity index (χ2n) is 3.99. The maximum Gasteiger partial charge on any atom is 0.367 e. The highest BCUT2D eigenvalue weighted by Gasteiger charge is 2.27. The molecule has 0 amide bonds. The van der Waals surface area contributed by atoms with E-state index in [1.807, 2.05) is 0 Å². The molecular formula is C9H11N3O5S. The van der Waals surface area contributed by atoms with Crippen molar-refractivity contribution in [1.82, 2.24) is 4.98 Å². The number of anilines is 1. The minimum absolute atomic E-state index is 0.00730. The van der Waals surface area contributed by atoms with Crippen LogP contribution < -0.4 is 9.46 Å². The highest BCUT2D eigenvalue weighted by Crippen LogP contribution is 2.33. The van der Waals surface area contributed by atoms with Gasteiger partial charge in [0, 0.05) is 0 Å². The normalized spacial score (nSPS) is 15.2. The van der Waals surface area contributed by atoms with Gasteiger partial charge in [-0.3, -0.25) is 4.72 Å². The lowest BCUT2D eigenvalue weighted by Crippen LogP contribution is -2.12. The first kappa shape index (κ1) is 12.6. The third-order valence-corrected chi connectivity index (χ3v) is 2.74. The van der Waals surface area contributed by atoms with Crippen LogP contribution in [0.4, 0.5) is 11.5 Å². The monoisotopic (exact) mass is 273 g/mol. The molecule has 9 heteroatoms. The van der Waals surface area contributed by atoms with Gasteiger partial charge in [-0.15, -0.1) is 0 Å². The molecule has 0 spiro atoms. The van der Waals surface area contributed by atoms with Gasteiger partial charge in [-0.05, 0) is 22.7 Å². The summed E-state index contributed by atoms with van der Waals surface area (Å²) in [4.78, 5) is 13.5. The zero-order valence-corrected chi connectivity index (χ0v) is 10.3. The van der Waals surface area contributed by atoms with E-state index >= 15 is 0 Å². The molecule has 1 fully saturated rings. The van der Waals surface area contributed by atoms with Crippen molar-refractivity contribution in [2.24, 2.45) is 0 Å². The number of rotatable bonds is 5. The Bertz CT molecular complexity index is 582. The average molecular weight is 273 g/mol. The van der Waals surface area contributed by atoms with Gasteiger partial charge in [0.2, 0.25) is 10.0 Å². The molecule has 0 atom stereocenters. The van der Waals surface area contributed by atoms with E-state index in [1.165, 1.54) is 0 Å². The quantitative estimate of drug-likeness (QED) is 0.630. The first-order chi connectivity index (χ1) is 8.35. The van der Waals surface area contributed by atoms with Crippen LogP contribution in [0.1, 0.15) is 12.8 Å². The van der Waals surface area contributed by atoms with Crippen LogP contribution in [0.5, 0.6) is 5.75 Å². The van der Waals surface area contributed by atoms with Gasteiger partial charge < -0.3 is 14.9 Å². The van der Waals surface area contributed by atoms with Crippen molar-refractivity contribution >= 4 is 21.5 Å². The maximum atomic E-state index is 11.1. The van der Waals surface area contributed by atoms with Crippen molar-refractivity contribution in [2.75, 3.05) is 11.0 Å². The number of ether oxygens (including phenoxy) is 1. The summed E-state index contributed by atoms with van der Waals surface area (Å²) < 4.78 is 29.9. The van der Waals surface area contributed by atoms with E-state index in [4.69, 9.17) is 4.74 Å². The van der Waals surface area contributed by atoms with Gasteiger partial charge >= 0.3 is 5.82 Å². The van der Waals surface area contributed by atoms with Gasteiger partial charge in [0.15, 0.2) is 11.9 Å². The molecule has 8 nitrogen and oxygen atoms in total. The minimum atomic E-state index is -3.49. The zero-order chi connectivity index (χ0) is 13.3. The Hall–Kier alpha value is -1.90. The summed E-state index contributed by atoms with van der Waals surface area (Å²) in [5.74, 6) is -0.255. The third-order valence-electron chi connectivity index (χ3n) is 2.15. The standard InChI is InChI=1S/C9H11N3O5S/c1-18(15,16)11-7-5-10-9(12(13)14)4-8(7)17-6-2-3-6/h4-6,11H,2-3H2,1H3. The number of hydrogen-bond donors (Lipinski definition) is 1. The van der Waals surface area contributed by atoms with E-state index in [9.17, 15) is 18.5 Å². The molecular weight excluding hydrogens is 262 g/mol. The number of hydrogen-bond acceptors (Lipinski definition) is 6. The van der Waals surface area contributed by atoms with E-state index in [2.05, 4.69) is 9.71 Å². The van der Waals surface area contributed by atoms with Crippen LogP contribution in [0, 0.1) is 10.1 Å². The van der Waals surface area contributed by atoms with Crippen LogP contribution in [-0.2, 0) is 10.0 Å². The van der Waals surface area contributed by atoms with Gasteiger partial charge in [-0.2, -0.15) is 0 Å². The van der Waals surface area contributed by atoms with Crippen molar-refractivity contribution < 1.29 is 18.1 Å². The average Bonchev–Trinajstić information content (AvgIpc) is 3.02. The van der Waals surface area contributed by atoms with Gasteiger partial charge in [-0.25, -0.2) is 8.42 Å². The molecule has 0 aromatic carbocycles. The molecule has 0 aliphatic heterocycles. The van der Waals surface area contributed by atoms with Gasteiger partial charge in [-0.1, -0.05) is 0 Å². The number of nitro groups is 1. The fourth-order valence-corrected chi connectivity index (χ4v) is 1.82. The summed E-state index contributed by atoms with van der Waals surface area (Å²) in [5.41, 5.74) is 0.106. The first-order valence-electron chi connectivity index (χ1n) is 5.14. The van der Waals surface area contributed by atoms with E-state index in [-0.39, 0.29) is 23.4 Å². The summed E-state index contributed by atoms with van der Waals surface area (Å²) in [6.07, 6.45) is 3.77. The molecule has 1 heterocycles. The predicted molar refractivity (Wildman–Crippen MR) is 63.0 cm³/mol. The molecule has 1 aromatic rings. The van der Waals surface area contributed by atoms with Crippen LogP contribution >= 0.6 is 0 Å². The van der Waals surface area contributed by atoms with E-state index < -0.39 is 14.9 Å². The topological polar surface area (TPSA) is 111 Å². The van der Waals surface area contributed by atoms with Crippen molar-refractivity contribution in [3.05, 3.63) is 22.4 Å². The van der Waals surface area contributed by atoms with Crippen molar-refractivity contribution in [1.29, 1.82) is 0 Å². The third kappa shape index (κ3) is 3.29. The molecule has 0 radical (unpaired) electrons. The molecule has 1 N–H and O–H groups in total. The van der Waals surface area contributed by atoms with Crippen LogP contribution in [-0.4, -0.2) is 30.7 Å². The SMILES string of the molecule is CS(=O)(=O)Nc1cnc([N+](=O)[O-])cc1OC1CC1. The van der Waals surface area contributed by atoms with Crippen molar-refractivity contribution in [2.45, 2.75) is 18.9 Å². The molecule has 0 saturated heterocycles. The van der Waals surface area contributed by atoms with Gasteiger partial charge in [0.25, 0.3) is 0 Å². The highest BCUT2D eigenvalue weighted by atomic mass is 32.2. The Kier molecular flexibility index (Phi) is 3.07. The lowest BCUT2D eigenvalue weighted by molar-refractivity contribution is -0.389. The molecule has 1 aliphatic rings. The molecule has 2 rings (SSSR count). The molecule has 1 aromatic heterocycles. The first-order valence-corrected chi connectivity index (χ1v) is 7.03. The summed E-state index contributed by atoms with van der Waals surface area (Å²) in [5, 5.41) is 10.6.